The molecule has 0 aromatic heterocycles. The second-order valence-electron chi connectivity index (χ2n) is 6.06. The highest BCUT2D eigenvalue weighted by atomic mass is 35.5. The van der Waals surface area contributed by atoms with Gasteiger partial charge in [-0.2, -0.15) is 0 Å². The highest BCUT2D eigenvalue weighted by molar-refractivity contribution is 5.95. The maximum Gasteiger partial charge on any atom is 0.293 e. The van der Waals surface area contributed by atoms with Crippen LogP contribution in [0, 0.1) is 16.0 Å². The Morgan fingerprint density at radius 3 is 2.54 bits per heavy atom. The second kappa shape index (κ2) is 9.17. The largest absolute Gasteiger partial charge is 0.375 e. The smallest absolute Gasteiger partial charge is 0.293 e. The maximum absolute atomic E-state index is 12.2. The Kier molecular flexibility index (Phi) is 6.94. The van der Waals surface area contributed by atoms with E-state index < -0.39 is 4.92 Å². The molecule has 0 bridgehead atoms. The van der Waals surface area contributed by atoms with Crippen molar-refractivity contribution in [1.29, 1.82) is 0 Å². The van der Waals surface area contributed by atoms with Crippen LogP contribution >= 0.6 is 12.4 Å². The second-order valence-corrected chi connectivity index (χ2v) is 6.06. The van der Waals surface area contributed by atoms with Crippen molar-refractivity contribution in [2.75, 3.05) is 25.0 Å². The van der Waals surface area contributed by atoms with Gasteiger partial charge >= 0.3 is 0 Å². The third kappa shape index (κ3) is 4.93. The molecule has 3 rings (SSSR count). The van der Waals surface area contributed by atoms with E-state index in [0.29, 0.717) is 30.3 Å². The van der Waals surface area contributed by atoms with E-state index in [1.165, 1.54) is 6.07 Å². The monoisotopic (exact) mass is 376 g/mol. The lowest BCUT2D eigenvalue weighted by atomic mass is 10.0. The molecule has 1 fully saturated rings. The fraction of sp³-hybridized carbons (Fsp3) is 0.278. The number of amides is 1. The minimum absolute atomic E-state index is 0. The Morgan fingerprint density at radius 1 is 1.19 bits per heavy atom. The van der Waals surface area contributed by atoms with Crippen LogP contribution in [0.5, 0.6) is 0 Å². The van der Waals surface area contributed by atoms with Crippen molar-refractivity contribution < 1.29 is 9.72 Å². The Hall–Kier alpha value is -2.64. The van der Waals surface area contributed by atoms with Gasteiger partial charge in [0.05, 0.1) is 4.92 Å². The molecule has 0 saturated carbocycles. The summed E-state index contributed by atoms with van der Waals surface area (Å²) in [4.78, 5) is 23.1. The van der Waals surface area contributed by atoms with Gasteiger partial charge in [-0.15, -0.1) is 12.4 Å². The Balaban J connectivity index is 0.00000243. The standard InChI is InChI=1S/C18H20N4O3.ClH/c23-18(21-12-14-9-19-10-14)15-6-7-16(17(8-15)22(24)25)20-11-13-4-2-1-3-5-13;/h1-8,14,19-20H,9-12H2,(H,21,23);1H. The quantitative estimate of drug-likeness (QED) is 0.510. The molecule has 1 saturated heterocycles. The van der Waals surface area contributed by atoms with Crippen LogP contribution in [0.1, 0.15) is 15.9 Å². The van der Waals surface area contributed by atoms with Crippen molar-refractivity contribution in [2.24, 2.45) is 5.92 Å². The van der Waals surface area contributed by atoms with Crippen LogP contribution in [0.15, 0.2) is 48.5 Å². The molecule has 1 heterocycles. The van der Waals surface area contributed by atoms with Crippen molar-refractivity contribution in [2.45, 2.75) is 6.54 Å². The van der Waals surface area contributed by atoms with Crippen LogP contribution < -0.4 is 16.0 Å². The van der Waals surface area contributed by atoms with Gasteiger partial charge < -0.3 is 16.0 Å². The lowest BCUT2D eigenvalue weighted by Gasteiger charge is -2.27. The van der Waals surface area contributed by atoms with E-state index in [2.05, 4.69) is 16.0 Å². The third-order valence-corrected chi connectivity index (χ3v) is 4.20. The summed E-state index contributed by atoms with van der Waals surface area (Å²) in [6.07, 6.45) is 0. The molecule has 1 amide bonds. The number of hydrogen-bond donors (Lipinski definition) is 3. The first-order chi connectivity index (χ1) is 12.1. The van der Waals surface area contributed by atoms with Crippen LogP contribution in [-0.2, 0) is 6.54 Å². The van der Waals surface area contributed by atoms with Gasteiger partial charge in [0.15, 0.2) is 0 Å². The van der Waals surface area contributed by atoms with Crippen molar-refractivity contribution in [1.82, 2.24) is 10.6 Å². The highest BCUT2D eigenvalue weighted by Crippen LogP contribution is 2.26. The molecule has 0 aliphatic carbocycles. The molecule has 2 aromatic carbocycles. The Labute approximate surface area is 157 Å². The normalized spacial score (nSPS) is 13.2. The average Bonchev–Trinajstić information content (AvgIpc) is 2.59. The summed E-state index contributed by atoms with van der Waals surface area (Å²) in [5, 5.41) is 20.4. The molecule has 1 aliphatic heterocycles. The summed E-state index contributed by atoms with van der Waals surface area (Å²) < 4.78 is 0. The predicted molar refractivity (Wildman–Crippen MR) is 103 cm³/mol. The summed E-state index contributed by atoms with van der Waals surface area (Å²) in [6.45, 7) is 2.83. The number of anilines is 1. The van der Waals surface area contributed by atoms with Crippen LogP contribution in [-0.4, -0.2) is 30.5 Å². The van der Waals surface area contributed by atoms with Gasteiger partial charge in [-0.1, -0.05) is 30.3 Å². The number of nitro benzene ring substituents is 1. The van der Waals surface area contributed by atoms with Gasteiger partial charge in [0, 0.05) is 43.7 Å². The van der Waals surface area contributed by atoms with Crippen molar-refractivity contribution in [3.8, 4) is 0 Å². The molecule has 0 atom stereocenters. The van der Waals surface area contributed by atoms with Gasteiger partial charge in [-0.25, -0.2) is 0 Å². The van der Waals surface area contributed by atoms with Crippen LogP contribution in [0.3, 0.4) is 0 Å². The molecule has 7 nitrogen and oxygen atoms in total. The van der Waals surface area contributed by atoms with E-state index in [1.807, 2.05) is 30.3 Å². The average molecular weight is 377 g/mol. The zero-order valence-electron chi connectivity index (χ0n) is 14.1. The number of rotatable bonds is 7. The van der Waals surface area contributed by atoms with Gasteiger partial charge in [0.2, 0.25) is 0 Å². The van der Waals surface area contributed by atoms with E-state index in [4.69, 9.17) is 0 Å². The van der Waals surface area contributed by atoms with Crippen LogP contribution in [0.4, 0.5) is 11.4 Å². The van der Waals surface area contributed by atoms with E-state index in [1.54, 1.807) is 12.1 Å². The van der Waals surface area contributed by atoms with E-state index in [-0.39, 0.29) is 24.0 Å². The summed E-state index contributed by atoms with van der Waals surface area (Å²) >= 11 is 0. The van der Waals surface area contributed by atoms with Crippen molar-refractivity contribution in [3.63, 3.8) is 0 Å². The first kappa shape index (κ1) is 19.7. The third-order valence-electron chi connectivity index (χ3n) is 4.20. The van der Waals surface area contributed by atoms with Gasteiger partial charge in [-0.05, 0) is 17.7 Å². The van der Waals surface area contributed by atoms with E-state index in [9.17, 15) is 14.9 Å². The number of hydrogen-bond acceptors (Lipinski definition) is 5. The first-order valence-corrected chi connectivity index (χ1v) is 8.18. The molecular weight excluding hydrogens is 356 g/mol. The topological polar surface area (TPSA) is 96.3 Å². The number of nitrogens with zero attached hydrogens (tertiary/aromatic N) is 1. The summed E-state index contributed by atoms with van der Waals surface area (Å²) in [5.41, 5.74) is 1.61. The number of nitrogens with one attached hydrogen (secondary N) is 3. The molecule has 8 heteroatoms. The van der Waals surface area contributed by atoms with Gasteiger partial charge in [0.25, 0.3) is 11.6 Å². The van der Waals surface area contributed by atoms with Crippen LogP contribution in [0.25, 0.3) is 0 Å². The summed E-state index contributed by atoms with van der Waals surface area (Å²) in [5.74, 6) is 0.148. The van der Waals surface area contributed by atoms with Gasteiger partial charge in [-0.3, -0.25) is 14.9 Å². The fourth-order valence-corrected chi connectivity index (χ4v) is 2.60. The van der Waals surface area contributed by atoms with Crippen molar-refractivity contribution in [3.05, 3.63) is 69.8 Å². The van der Waals surface area contributed by atoms with E-state index >= 15 is 0 Å². The lowest BCUT2D eigenvalue weighted by Crippen LogP contribution is -2.48. The molecule has 138 valence electrons. The van der Waals surface area contributed by atoms with E-state index in [0.717, 1.165) is 18.7 Å². The van der Waals surface area contributed by atoms with Crippen molar-refractivity contribution >= 4 is 29.7 Å². The SMILES string of the molecule is Cl.O=C(NCC1CNC1)c1ccc(NCc2ccccc2)c([N+](=O)[O-])c1. The zero-order valence-corrected chi connectivity index (χ0v) is 14.9. The number of halogens is 1. The van der Waals surface area contributed by atoms with Gasteiger partial charge in [0.1, 0.15) is 5.69 Å². The molecule has 2 aromatic rings. The minimum Gasteiger partial charge on any atom is -0.375 e. The first-order valence-electron chi connectivity index (χ1n) is 8.18. The number of carbonyl (C=O) groups excluding carboxylic acids is 1. The number of benzene rings is 2. The zero-order chi connectivity index (χ0) is 17.6. The number of carbonyl (C=O) groups is 1. The number of nitro groups is 1. The highest BCUT2D eigenvalue weighted by Gasteiger charge is 2.20. The lowest BCUT2D eigenvalue weighted by molar-refractivity contribution is -0.384. The molecular formula is C18H21ClN4O3. The minimum atomic E-state index is -0.472. The predicted octanol–water partition coefficient (Wildman–Crippen LogP) is 2.58. The fourth-order valence-electron chi connectivity index (χ4n) is 2.60. The molecule has 1 aliphatic rings. The molecule has 0 spiro atoms. The molecule has 26 heavy (non-hydrogen) atoms. The Morgan fingerprint density at radius 2 is 1.92 bits per heavy atom. The molecule has 3 N–H and O–H groups in total. The Bertz CT molecular complexity index is 766. The summed E-state index contributed by atoms with van der Waals surface area (Å²) in [7, 11) is 0. The maximum atomic E-state index is 12.2. The summed E-state index contributed by atoms with van der Waals surface area (Å²) in [6, 6.07) is 14.1. The molecule has 0 unspecified atom stereocenters. The molecule has 0 radical (unpaired) electrons. The van der Waals surface area contributed by atoms with Crippen LogP contribution in [0.2, 0.25) is 0 Å².